The molecule has 1 aromatic carbocycles. The maximum atomic E-state index is 13.3. The number of halogens is 1. The van der Waals surface area contributed by atoms with Gasteiger partial charge in [-0.15, -0.1) is 0 Å². The van der Waals surface area contributed by atoms with Crippen LogP contribution in [0.1, 0.15) is 43.6 Å². The van der Waals surface area contributed by atoms with Gasteiger partial charge in [-0.2, -0.15) is 0 Å². The quantitative estimate of drug-likeness (QED) is 0.821. The van der Waals surface area contributed by atoms with Crippen molar-refractivity contribution in [3.05, 3.63) is 35.6 Å². The van der Waals surface area contributed by atoms with Crippen LogP contribution in [0.3, 0.4) is 0 Å². The normalized spacial score (nSPS) is 22.2. The molecule has 0 radical (unpaired) electrons. The molecule has 0 aliphatic heterocycles. The summed E-state index contributed by atoms with van der Waals surface area (Å²) in [6.45, 7) is 1.03. The van der Waals surface area contributed by atoms with E-state index in [1.54, 1.807) is 6.07 Å². The molecule has 92 valence electrons. The third kappa shape index (κ3) is 2.68. The van der Waals surface area contributed by atoms with E-state index in [2.05, 4.69) is 11.4 Å². The first-order valence-corrected chi connectivity index (χ1v) is 6.82. The molecule has 0 saturated heterocycles. The predicted molar refractivity (Wildman–Crippen MR) is 67.5 cm³/mol. The minimum atomic E-state index is -0.0988. The Balaban J connectivity index is 1.71. The average molecular weight is 233 g/mol. The lowest BCUT2D eigenvalue weighted by Gasteiger charge is -2.34. The van der Waals surface area contributed by atoms with Gasteiger partial charge in [-0.05, 0) is 55.2 Å². The lowest BCUT2D eigenvalue weighted by Crippen LogP contribution is -2.31. The molecule has 0 spiro atoms. The molecule has 1 nitrogen and oxygen atoms in total. The van der Waals surface area contributed by atoms with Crippen LogP contribution in [0.25, 0.3) is 0 Å². The first kappa shape index (κ1) is 11.2. The number of nitrogens with one attached hydrogen (secondary N) is 1. The lowest BCUT2D eigenvalue weighted by atomic mass is 9.73. The zero-order chi connectivity index (χ0) is 11.7. The van der Waals surface area contributed by atoms with Crippen LogP contribution in [-0.4, -0.2) is 12.6 Å². The van der Waals surface area contributed by atoms with Gasteiger partial charge in [0.25, 0.3) is 0 Å². The lowest BCUT2D eigenvalue weighted by molar-refractivity contribution is 0.254. The van der Waals surface area contributed by atoms with Crippen LogP contribution in [0.2, 0.25) is 0 Å². The minimum absolute atomic E-state index is 0.0988. The van der Waals surface area contributed by atoms with Crippen LogP contribution in [0.15, 0.2) is 24.3 Å². The van der Waals surface area contributed by atoms with Crippen LogP contribution in [0.5, 0.6) is 0 Å². The second-order valence-corrected chi connectivity index (χ2v) is 5.54. The molecule has 0 amide bonds. The fourth-order valence-electron chi connectivity index (χ4n) is 2.72. The molecule has 3 rings (SSSR count). The Bertz CT molecular complexity index is 382. The second-order valence-electron chi connectivity index (χ2n) is 5.54. The largest absolute Gasteiger partial charge is 0.313 e. The van der Waals surface area contributed by atoms with E-state index in [0.717, 1.165) is 18.5 Å². The van der Waals surface area contributed by atoms with Crippen molar-refractivity contribution in [2.24, 2.45) is 5.92 Å². The van der Waals surface area contributed by atoms with E-state index in [4.69, 9.17) is 0 Å². The highest BCUT2D eigenvalue weighted by atomic mass is 19.1. The summed E-state index contributed by atoms with van der Waals surface area (Å²) in [6.07, 6.45) is 6.61. The molecule has 2 aliphatic carbocycles. The van der Waals surface area contributed by atoms with E-state index in [-0.39, 0.29) is 5.82 Å². The standard InChI is InChI=1S/C15H20FN/c16-13-6-2-5-12(9-13)15(11-3-1-4-11)10-17-14-7-8-14/h2,5-6,9,11,14-15,17H,1,3-4,7-8,10H2. The molecule has 1 unspecified atom stereocenters. The van der Waals surface area contributed by atoms with Crippen molar-refractivity contribution in [1.82, 2.24) is 5.32 Å². The fourth-order valence-corrected chi connectivity index (χ4v) is 2.72. The van der Waals surface area contributed by atoms with Gasteiger partial charge in [0.15, 0.2) is 0 Å². The van der Waals surface area contributed by atoms with Crippen molar-refractivity contribution >= 4 is 0 Å². The molecule has 1 N–H and O–H groups in total. The molecule has 2 heteroatoms. The summed E-state index contributed by atoms with van der Waals surface area (Å²) in [4.78, 5) is 0. The Hall–Kier alpha value is -0.890. The zero-order valence-corrected chi connectivity index (χ0v) is 10.2. The van der Waals surface area contributed by atoms with E-state index in [9.17, 15) is 4.39 Å². The highest BCUT2D eigenvalue weighted by Gasteiger charge is 2.30. The van der Waals surface area contributed by atoms with Crippen molar-refractivity contribution in [3.8, 4) is 0 Å². The molecule has 0 aromatic heterocycles. The van der Waals surface area contributed by atoms with Gasteiger partial charge in [-0.25, -0.2) is 4.39 Å². The first-order valence-electron chi connectivity index (χ1n) is 6.82. The van der Waals surface area contributed by atoms with Crippen molar-refractivity contribution in [3.63, 3.8) is 0 Å². The Morgan fingerprint density at radius 2 is 2.06 bits per heavy atom. The van der Waals surface area contributed by atoms with E-state index in [0.29, 0.717) is 5.92 Å². The summed E-state index contributed by atoms with van der Waals surface area (Å²) in [7, 11) is 0. The summed E-state index contributed by atoms with van der Waals surface area (Å²) in [5.74, 6) is 1.18. The van der Waals surface area contributed by atoms with Crippen LogP contribution >= 0.6 is 0 Å². The highest BCUT2D eigenvalue weighted by Crippen LogP contribution is 2.39. The summed E-state index contributed by atoms with van der Waals surface area (Å²) in [6, 6.07) is 7.92. The molecule has 2 saturated carbocycles. The molecule has 2 aliphatic rings. The molecular weight excluding hydrogens is 213 g/mol. The van der Waals surface area contributed by atoms with E-state index in [1.807, 2.05) is 6.07 Å². The number of rotatable bonds is 5. The molecule has 1 aromatic rings. The smallest absolute Gasteiger partial charge is 0.123 e. The minimum Gasteiger partial charge on any atom is -0.313 e. The molecule has 0 heterocycles. The van der Waals surface area contributed by atoms with Gasteiger partial charge in [-0.1, -0.05) is 18.6 Å². The second kappa shape index (κ2) is 4.77. The Morgan fingerprint density at radius 3 is 2.65 bits per heavy atom. The van der Waals surface area contributed by atoms with Crippen molar-refractivity contribution in [2.45, 2.75) is 44.1 Å². The maximum absolute atomic E-state index is 13.3. The van der Waals surface area contributed by atoms with Crippen LogP contribution < -0.4 is 5.32 Å². The Labute approximate surface area is 102 Å². The molecule has 0 bridgehead atoms. The van der Waals surface area contributed by atoms with Crippen LogP contribution in [-0.2, 0) is 0 Å². The average Bonchev–Trinajstić information content (AvgIpc) is 3.05. The van der Waals surface area contributed by atoms with Gasteiger partial charge in [0.05, 0.1) is 0 Å². The fraction of sp³-hybridized carbons (Fsp3) is 0.600. The summed E-state index contributed by atoms with van der Waals surface area (Å²) >= 11 is 0. The van der Waals surface area contributed by atoms with Crippen LogP contribution in [0.4, 0.5) is 4.39 Å². The number of hydrogen-bond acceptors (Lipinski definition) is 1. The van der Waals surface area contributed by atoms with Gasteiger partial charge in [0.1, 0.15) is 5.82 Å². The monoisotopic (exact) mass is 233 g/mol. The zero-order valence-electron chi connectivity index (χ0n) is 10.2. The Kier molecular flexibility index (Phi) is 3.15. The molecule has 17 heavy (non-hydrogen) atoms. The SMILES string of the molecule is Fc1cccc(C(CNC2CC2)C2CCC2)c1. The van der Waals surface area contributed by atoms with Gasteiger partial charge < -0.3 is 5.32 Å². The van der Waals surface area contributed by atoms with E-state index < -0.39 is 0 Å². The number of benzene rings is 1. The van der Waals surface area contributed by atoms with Gasteiger partial charge in [-0.3, -0.25) is 0 Å². The summed E-state index contributed by atoms with van der Waals surface area (Å²) in [5.41, 5.74) is 1.18. The van der Waals surface area contributed by atoms with Crippen LogP contribution in [0, 0.1) is 11.7 Å². The third-order valence-electron chi connectivity index (χ3n) is 4.20. The van der Waals surface area contributed by atoms with E-state index >= 15 is 0 Å². The van der Waals surface area contributed by atoms with Gasteiger partial charge >= 0.3 is 0 Å². The topological polar surface area (TPSA) is 12.0 Å². The maximum Gasteiger partial charge on any atom is 0.123 e. The highest BCUT2D eigenvalue weighted by molar-refractivity contribution is 5.22. The predicted octanol–water partition coefficient (Wildman–Crippen LogP) is 3.46. The van der Waals surface area contributed by atoms with Crippen molar-refractivity contribution in [2.75, 3.05) is 6.54 Å². The summed E-state index contributed by atoms with van der Waals surface area (Å²) in [5, 5.41) is 3.60. The van der Waals surface area contributed by atoms with E-state index in [1.165, 1.54) is 43.7 Å². The van der Waals surface area contributed by atoms with Crippen molar-refractivity contribution < 1.29 is 4.39 Å². The van der Waals surface area contributed by atoms with Gasteiger partial charge in [0.2, 0.25) is 0 Å². The van der Waals surface area contributed by atoms with Gasteiger partial charge in [0, 0.05) is 12.6 Å². The summed E-state index contributed by atoms with van der Waals surface area (Å²) < 4.78 is 13.3. The third-order valence-corrected chi connectivity index (χ3v) is 4.20. The number of hydrogen-bond donors (Lipinski definition) is 1. The first-order chi connectivity index (χ1) is 8.33. The molecule has 1 atom stereocenters. The molecular formula is C15H20FN. The van der Waals surface area contributed by atoms with Crippen molar-refractivity contribution in [1.29, 1.82) is 0 Å². The molecule has 2 fully saturated rings. The Morgan fingerprint density at radius 1 is 1.24 bits per heavy atom.